The molecule has 31 heavy (non-hydrogen) atoms. The Morgan fingerprint density at radius 1 is 1.26 bits per heavy atom. The third-order valence-corrected chi connectivity index (χ3v) is 3.97. The molecule has 0 N–H and O–H groups in total. The summed E-state index contributed by atoms with van der Waals surface area (Å²) in [6.07, 6.45) is 22.5. The van der Waals surface area contributed by atoms with Gasteiger partial charge in [0.15, 0.2) is 12.7 Å². The minimum Gasteiger partial charge on any atom is -0.504 e. The zero-order valence-corrected chi connectivity index (χ0v) is 17.3. The molecule has 0 aromatic heterocycles. The van der Waals surface area contributed by atoms with Gasteiger partial charge in [0.2, 0.25) is 5.88 Å². The first-order valence-electron chi connectivity index (χ1n) is 9.47. The van der Waals surface area contributed by atoms with Crippen LogP contribution in [-0.4, -0.2) is 32.2 Å². The number of allylic oxidation sites excluding steroid dienone is 11. The summed E-state index contributed by atoms with van der Waals surface area (Å²) in [7, 11) is 1.47. The molecule has 0 heterocycles. The smallest absolute Gasteiger partial charge is 0.211 e. The molecule has 0 aliphatic heterocycles. The van der Waals surface area contributed by atoms with Gasteiger partial charge in [0.1, 0.15) is 18.2 Å². The monoisotopic (exact) mass is 417 g/mol. The van der Waals surface area contributed by atoms with E-state index in [1.54, 1.807) is 43.4 Å². The second kappa shape index (κ2) is 13.1. The van der Waals surface area contributed by atoms with Gasteiger partial charge in [-0.05, 0) is 31.2 Å². The number of rotatable bonds is 9. The van der Waals surface area contributed by atoms with Crippen LogP contribution in [-0.2, 0) is 19.0 Å². The molecule has 0 aromatic rings. The van der Waals surface area contributed by atoms with Crippen molar-refractivity contribution in [3.63, 3.8) is 0 Å². The fourth-order valence-electron chi connectivity index (χ4n) is 2.55. The second-order valence-electron chi connectivity index (χ2n) is 6.06. The van der Waals surface area contributed by atoms with E-state index in [0.717, 1.165) is 0 Å². The standard InChI is InChI=1S/C24H23N3O4/c1-3-24(31-21-10-8-7-9-19(13-21)14-25)27-17-26-18-30-23-12-6-4-5-11-22(23)20(15-28)16-29-2/h3-11,13,15-18,21H,12H2,1-2H3/b20-16-,24-3+,26-18?,27-17-. The van der Waals surface area contributed by atoms with Crippen LogP contribution in [0.25, 0.3) is 0 Å². The Balaban J connectivity index is 2.04. The number of hydrogen-bond acceptors (Lipinski definition) is 6. The molecule has 0 saturated heterocycles. The molecule has 1 unspecified atom stereocenters. The molecule has 0 spiro atoms. The number of carbonyl (C=O) groups is 1. The predicted molar refractivity (Wildman–Crippen MR) is 120 cm³/mol. The van der Waals surface area contributed by atoms with Crippen molar-refractivity contribution in [3.05, 3.63) is 95.4 Å². The van der Waals surface area contributed by atoms with E-state index >= 15 is 0 Å². The highest BCUT2D eigenvalue weighted by Gasteiger charge is 2.11. The summed E-state index contributed by atoms with van der Waals surface area (Å²) in [6, 6.07) is 2.09. The topological polar surface area (TPSA) is 93.3 Å². The predicted octanol–water partition coefficient (Wildman–Crippen LogP) is 4.38. The van der Waals surface area contributed by atoms with Crippen LogP contribution in [0.2, 0.25) is 0 Å². The van der Waals surface area contributed by atoms with Crippen molar-refractivity contribution < 1.29 is 19.0 Å². The van der Waals surface area contributed by atoms with E-state index in [1.807, 2.05) is 24.3 Å². The highest BCUT2D eigenvalue weighted by molar-refractivity contribution is 5.82. The van der Waals surface area contributed by atoms with Crippen molar-refractivity contribution in [3.8, 4) is 6.07 Å². The third kappa shape index (κ3) is 7.63. The van der Waals surface area contributed by atoms with E-state index in [1.165, 1.54) is 26.1 Å². The third-order valence-electron chi connectivity index (χ3n) is 3.97. The molecule has 7 heteroatoms. The maximum Gasteiger partial charge on any atom is 0.211 e. The first-order chi connectivity index (χ1) is 15.2. The minimum atomic E-state index is -0.417. The molecule has 2 aliphatic rings. The summed E-state index contributed by atoms with van der Waals surface area (Å²) in [5.41, 5.74) is 1.48. The highest BCUT2D eigenvalue weighted by Crippen LogP contribution is 2.21. The minimum absolute atomic E-state index is 0.341. The molecule has 0 fully saturated rings. The SMILES string of the molecule is C/C=C(\N=C/N=COC1=C(/C(C=O)=C\OC)C=CC=CC1)OC1C=CC=CC(C#N)=C1. The van der Waals surface area contributed by atoms with Crippen molar-refractivity contribution in [2.75, 3.05) is 7.11 Å². The number of nitrogens with zero attached hydrogens (tertiary/aromatic N) is 3. The maximum atomic E-state index is 11.4. The molecular formula is C24H23N3O4. The summed E-state index contributed by atoms with van der Waals surface area (Å²) >= 11 is 0. The van der Waals surface area contributed by atoms with Gasteiger partial charge in [-0.25, -0.2) is 9.98 Å². The van der Waals surface area contributed by atoms with Gasteiger partial charge in [0.05, 0.1) is 30.6 Å². The van der Waals surface area contributed by atoms with Gasteiger partial charge in [-0.2, -0.15) is 5.26 Å². The average Bonchev–Trinajstić information content (AvgIpc) is 3.16. The summed E-state index contributed by atoms with van der Waals surface area (Å²) in [6.45, 7) is 1.78. The first-order valence-corrected chi connectivity index (χ1v) is 9.47. The summed E-state index contributed by atoms with van der Waals surface area (Å²) in [5.74, 6) is 0.888. The normalized spacial score (nSPS) is 19.3. The zero-order chi connectivity index (χ0) is 22.3. The van der Waals surface area contributed by atoms with Crippen LogP contribution >= 0.6 is 0 Å². The van der Waals surface area contributed by atoms with E-state index in [4.69, 9.17) is 19.5 Å². The number of methoxy groups -OCH3 is 1. The fourth-order valence-corrected chi connectivity index (χ4v) is 2.55. The van der Waals surface area contributed by atoms with Crippen LogP contribution < -0.4 is 0 Å². The molecule has 0 radical (unpaired) electrons. The summed E-state index contributed by atoms with van der Waals surface area (Å²) in [5, 5.41) is 9.08. The van der Waals surface area contributed by atoms with Gasteiger partial charge in [-0.3, -0.25) is 4.79 Å². The van der Waals surface area contributed by atoms with Crippen LogP contribution in [0.1, 0.15) is 13.3 Å². The molecular weight excluding hydrogens is 394 g/mol. The lowest BCUT2D eigenvalue weighted by Gasteiger charge is -2.11. The Morgan fingerprint density at radius 2 is 2.10 bits per heavy atom. The van der Waals surface area contributed by atoms with Crippen molar-refractivity contribution in [1.29, 1.82) is 5.26 Å². The highest BCUT2D eigenvalue weighted by atomic mass is 16.5. The van der Waals surface area contributed by atoms with Crippen LogP contribution in [0.5, 0.6) is 0 Å². The van der Waals surface area contributed by atoms with E-state index in [-0.39, 0.29) is 0 Å². The van der Waals surface area contributed by atoms with Crippen molar-refractivity contribution in [1.82, 2.24) is 0 Å². The molecule has 1 atom stereocenters. The summed E-state index contributed by atoms with van der Waals surface area (Å²) < 4.78 is 16.4. The molecule has 2 rings (SSSR count). The first kappa shape index (κ1) is 23.1. The quantitative estimate of drug-likeness (QED) is 0.182. The molecule has 158 valence electrons. The molecule has 7 nitrogen and oxygen atoms in total. The molecule has 0 saturated carbocycles. The van der Waals surface area contributed by atoms with E-state index in [9.17, 15) is 4.79 Å². The van der Waals surface area contributed by atoms with Gasteiger partial charge < -0.3 is 14.2 Å². The molecule has 0 bridgehead atoms. The lowest BCUT2D eigenvalue weighted by molar-refractivity contribution is -0.104. The number of ether oxygens (including phenoxy) is 3. The number of nitriles is 1. The lowest BCUT2D eigenvalue weighted by atomic mass is 10.1. The summed E-state index contributed by atoms with van der Waals surface area (Å²) in [4.78, 5) is 19.5. The maximum absolute atomic E-state index is 11.4. The van der Waals surface area contributed by atoms with Crippen LogP contribution in [0, 0.1) is 11.3 Å². The van der Waals surface area contributed by atoms with Gasteiger partial charge in [-0.1, -0.05) is 36.5 Å². The van der Waals surface area contributed by atoms with Gasteiger partial charge in [0, 0.05) is 12.0 Å². The Bertz CT molecular complexity index is 996. The zero-order valence-electron chi connectivity index (χ0n) is 17.3. The van der Waals surface area contributed by atoms with Crippen LogP contribution in [0.15, 0.2) is 105 Å². The number of carbonyl (C=O) groups excluding carboxylic acids is 1. The Labute approximate surface area is 181 Å². The number of hydrogen-bond donors (Lipinski definition) is 0. The van der Waals surface area contributed by atoms with Crippen molar-refractivity contribution >= 4 is 19.0 Å². The van der Waals surface area contributed by atoms with E-state index in [0.29, 0.717) is 41.1 Å². The Hall–Kier alpha value is -4.18. The Kier molecular flexibility index (Phi) is 9.78. The molecule has 0 aromatic carbocycles. The second-order valence-corrected chi connectivity index (χ2v) is 6.06. The van der Waals surface area contributed by atoms with E-state index < -0.39 is 6.10 Å². The number of aldehydes is 1. The fraction of sp³-hybridized carbons (Fsp3) is 0.167. The average molecular weight is 417 g/mol. The van der Waals surface area contributed by atoms with Crippen molar-refractivity contribution in [2.45, 2.75) is 19.4 Å². The number of aliphatic imine (C=N–C) groups is 2. The largest absolute Gasteiger partial charge is 0.504 e. The molecule has 2 aliphatic carbocycles. The van der Waals surface area contributed by atoms with Crippen molar-refractivity contribution in [2.24, 2.45) is 9.98 Å². The van der Waals surface area contributed by atoms with E-state index in [2.05, 4.69) is 16.1 Å². The Morgan fingerprint density at radius 3 is 2.84 bits per heavy atom. The van der Waals surface area contributed by atoms with Gasteiger partial charge in [-0.15, -0.1) is 0 Å². The molecule has 0 amide bonds. The van der Waals surface area contributed by atoms with Crippen LogP contribution in [0.3, 0.4) is 0 Å². The van der Waals surface area contributed by atoms with Crippen LogP contribution in [0.4, 0.5) is 0 Å². The van der Waals surface area contributed by atoms with Gasteiger partial charge in [0.25, 0.3) is 0 Å². The van der Waals surface area contributed by atoms with Gasteiger partial charge >= 0.3 is 0 Å². The lowest BCUT2D eigenvalue weighted by Crippen LogP contribution is -2.06.